The number of nitrogens with zero attached hydrogens (tertiary/aromatic N) is 2. The number of aliphatic hydroxyl groups is 1. The lowest BCUT2D eigenvalue weighted by Crippen LogP contribution is -2.40. The summed E-state index contributed by atoms with van der Waals surface area (Å²) in [5.41, 5.74) is 0.840. The van der Waals surface area contributed by atoms with Crippen LogP contribution in [0.4, 0.5) is 11.4 Å². The van der Waals surface area contributed by atoms with Gasteiger partial charge >= 0.3 is 0 Å². The monoisotopic (exact) mass is 289 g/mol. The second-order valence-electron chi connectivity index (χ2n) is 5.06. The number of nitro benzene ring substituents is 1. The summed E-state index contributed by atoms with van der Waals surface area (Å²) in [6.45, 7) is 3.98. The molecule has 0 amide bonds. The summed E-state index contributed by atoms with van der Waals surface area (Å²) < 4.78 is 0. The van der Waals surface area contributed by atoms with Gasteiger partial charge in [0.05, 0.1) is 28.1 Å². The van der Waals surface area contributed by atoms with Gasteiger partial charge in [-0.05, 0) is 31.0 Å². The van der Waals surface area contributed by atoms with Crippen LogP contribution >= 0.6 is 0 Å². The number of benzene rings is 1. The second-order valence-corrected chi connectivity index (χ2v) is 5.06. The zero-order valence-electron chi connectivity index (χ0n) is 12.2. The molecule has 0 radical (unpaired) electrons. The highest BCUT2D eigenvalue weighted by Gasteiger charge is 2.26. The number of anilines is 1. The van der Waals surface area contributed by atoms with Crippen molar-refractivity contribution in [2.24, 2.45) is 0 Å². The zero-order chi connectivity index (χ0) is 15.5. The van der Waals surface area contributed by atoms with Crippen molar-refractivity contribution in [2.75, 3.05) is 11.9 Å². The molecule has 0 aliphatic rings. The number of fused-ring (bicyclic) bond motifs is 1. The van der Waals surface area contributed by atoms with Gasteiger partial charge in [-0.15, -0.1) is 0 Å². The van der Waals surface area contributed by atoms with Crippen LogP contribution in [0.1, 0.15) is 26.7 Å². The number of hydrogen-bond acceptors (Lipinski definition) is 5. The predicted molar refractivity (Wildman–Crippen MR) is 82.4 cm³/mol. The SMILES string of the molecule is CCC(CC)(CO)Nc1ccc([N+](=O)[O-])c2cccnc12. The molecule has 1 aromatic heterocycles. The Balaban J connectivity index is 2.56. The third-order valence-electron chi connectivity index (χ3n) is 4.00. The molecular formula is C15H19N3O3. The first-order valence-electron chi connectivity index (χ1n) is 6.98. The quantitative estimate of drug-likeness (QED) is 0.630. The molecule has 1 heterocycles. The molecule has 0 unspecified atom stereocenters. The maximum atomic E-state index is 11.1. The van der Waals surface area contributed by atoms with E-state index in [0.717, 1.165) is 12.8 Å². The van der Waals surface area contributed by atoms with Crippen molar-refractivity contribution in [1.29, 1.82) is 0 Å². The summed E-state index contributed by atoms with van der Waals surface area (Å²) in [7, 11) is 0. The van der Waals surface area contributed by atoms with Crippen molar-refractivity contribution >= 4 is 22.3 Å². The number of rotatable bonds is 6. The minimum Gasteiger partial charge on any atom is -0.394 e. The van der Waals surface area contributed by atoms with Gasteiger partial charge in [0.2, 0.25) is 0 Å². The van der Waals surface area contributed by atoms with Gasteiger partial charge in [-0.2, -0.15) is 0 Å². The Morgan fingerprint density at radius 3 is 2.62 bits per heavy atom. The largest absolute Gasteiger partial charge is 0.394 e. The molecule has 0 aliphatic carbocycles. The summed E-state index contributed by atoms with van der Waals surface area (Å²) in [6, 6.07) is 6.49. The highest BCUT2D eigenvalue weighted by Crippen LogP contribution is 2.32. The third-order valence-corrected chi connectivity index (χ3v) is 4.00. The predicted octanol–water partition coefficient (Wildman–Crippen LogP) is 3.11. The highest BCUT2D eigenvalue weighted by molar-refractivity contribution is 5.96. The van der Waals surface area contributed by atoms with Gasteiger partial charge < -0.3 is 10.4 Å². The van der Waals surface area contributed by atoms with Gasteiger partial charge in [0.25, 0.3) is 5.69 Å². The molecule has 6 heteroatoms. The standard InChI is InChI=1S/C15H19N3O3/c1-3-15(4-2,10-19)17-12-7-8-13(18(20)21)11-6-5-9-16-14(11)12/h5-9,17,19H,3-4,10H2,1-2H3. The number of hydrogen-bond donors (Lipinski definition) is 2. The van der Waals surface area contributed by atoms with Crippen molar-refractivity contribution in [2.45, 2.75) is 32.2 Å². The smallest absolute Gasteiger partial charge is 0.278 e. The normalized spacial score (nSPS) is 11.6. The second kappa shape index (κ2) is 6.05. The zero-order valence-corrected chi connectivity index (χ0v) is 12.2. The van der Waals surface area contributed by atoms with E-state index in [9.17, 15) is 15.2 Å². The lowest BCUT2D eigenvalue weighted by atomic mass is 9.93. The van der Waals surface area contributed by atoms with E-state index >= 15 is 0 Å². The summed E-state index contributed by atoms with van der Waals surface area (Å²) in [4.78, 5) is 15.0. The minimum atomic E-state index is -0.444. The molecule has 112 valence electrons. The highest BCUT2D eigenvalue weighted by atomic mass is 16.6. The van der Waals surface area contributed by atoms with Crippen molar-refractivity contribution in [3.63, 3.8) is 0 Å². The van der Waals surface area contributed by atoms with Crippen LogP contribution < -0.4 is 5.32 Å². The average Bonchev–Trinajstić information content (AvgIpc) is 2.52. The Morgan fingerprint density at radius 2 is 2.05 bits per heavy atom. The van der Waals surface area contributed by atoms with Gasteiger partial charge in [0, 0.05) is 12.3 Å². The number of non-ortho nitro benzene ring substituents is 1. The summed E-state index contributed by atoms with van der Waals surface area (Å²) >= 11 is 0. The molecule has 0 fully saturated rings. The molecule has 21 heavy (non-hydrogen) atoms. The van der Waals surface area contributed by atoms with Crippen LogP contribution in [0.15, 0.2) is 30.5 Å². The number of aliphatic hydroxyl groups excluding tert-OH is 1. The average molecular weight is 289 g/mol. The van der Waals surface area contributed by atoms with Gasteiger partial charge in [-0.25, -0.2) is 0 Å². The van der Waals surface area contributed by atoms with Gasteiger partial charge in [-0.1, -0.05) is 13.8 Å². The van der Waals surface area contributed by atoms with Gasteiger partial charge in [0.1, 0.15) is 5.52 Å². The number of aromatic nitrogens is 1. The van der Waals surface area contributed by atoms with E-state index in [0.29, 0.717) is 16.6 Å². The van der Waals surface area contributed by atoms with E-state index in [1.54, 1.807) is 24.4 Å². The topological polar surface area (TPSA) is 88.3 Å². The molecule has 0 saturated carbocycles. The Kier molecular flexibility index (Phi) is 4.37. The van der Waals surface area contributed by atoms with Crippen LogP contribution in [-0.2, 0) is 0 Å². The molecule has 2 N–H and O–H groups in total. The molecular weight excluding hydrogens is 270 g/mol. The summed E-state index contributed by atoms with van der Waals surface area (Å²) in [6.07, 6.45) is 3.09. The van der Waals surface area contributed by atoms with Crippen LogP contribution in [0.25, 0.3) is 10.9 Å². The third kappa shape index (κ3) is 2.80. The molecule has 2 aromatic rings. The fraction of sp³-hybridized carbons (Fsp3) is 0.400. The van der Waals surface area contributed by atoms with E-state index < -0.39 is 10.5 Å². The molecule has 0 bridgehead atoms. The first-order valence-corrected chi connectivity index (χ1v) is 6.98. The molecule has 0 spiro atoms. The van der Waals surface area contributed by atoms with Crippen molar-refractivity contribution in [3.8, 4) is 0 Å². The van der Waals surface area contributed by atoms with Gasteiger partial charge in [-0.3, -0.25) is 15.1 Å². The Hall–Kier alpha value is -2.21. The first-order chi connectivity index (χ1) is 10.1. The van der Waals surface area contributed by atoms with Crippen LogP contribution in [0.5, 0.6) is 0 Å². The fourth-order valence-corrected chi connectivity index (χ4v) is 2.39. The van der Waals surface area contributed by atoms with Crippen molar-refractivity contribution in [1.82, 2.24) is 4.98 Å². The Bertz CT molecular complexity index is 645. The molecule has 2 rings (SSSR count). The lowest BCUT2D eigenvalue weighted by molar-refractivity contribution is -0.383. The fourth-order valence-electron chi connectivity index (χ4n) is 2.39. The maximum absolute atomic E-state index is 11.1. The molecule has 0 aliphatic heterocycles. The lowest BCUT2D eigenvalue weighted by Gasteiger charge is -2.32. The molecule has 0 atom stereocenters. The number of nitro groups is 1. The summed E-state index contributed by atoms with van der Waals surface area (Å²) in [5.74, 6) is 0. The molecule has 6 nitrogen and oxygen atoms in total. The van der Waals surface area contributed by atoms with Crippen molar-refractivity contribution in [3.05, 3.63) is 40.6 Å². The van der Waals surface area contributed by atoms with Crippen molar-refractivity contribution < 1.29 is 10.0 Å². The molecule has 0 saturated heterocycles. The Morgan fingerprint density at radius 1 is 1.33 bits per heavy atom. The van der Waals surface area contributed by atoms with E-state index in [1.165, 1.54) is 6.07 Å². The van der Waals surface area contributed by atoms with E-state index in [4.69, 9.17) is 0 Å². The maximum Gasteiger partial charge on any atom is 0.278 e. The van der Waals surface area contributed by atoms with E-state index in [2.05, 4.69) is 10.3 Å². The van der Waals surface area contributed by atoms with E-state index in [-0.39, 0.29) is 12.3 Å². The number of pyridine rings is 1. The van der Waals surface area contributed by atoms with Crippen LogP contribution in [0.3, 0.4) is 0 Å². The number of nitrogens with one attached hydrogen (secondary N) is 1. The van der Waals surface area contributed by atoms with Crippen LogP contribution in [0, 0.1) is 10.1 Å². The Labute approximate surface area is 123 Å². The summed E-state index contributed by atoms with van der Waals surface area (Å²) in [5, 5.41) is 24.6. The minimum absolute atomic E-state index is 0.00862. The van der Waals surface area contributed by atoms with Crippen LogP contribution in [0.2, 0.25) is 0 Å². The first kappa shape index (κ1) is 15.2. The van der Waals surface area contributed by atoms with E-state index in [1.807, 2.05) is 13.8 Å². The van der Waals surface area contributed by atoms with Crippen LogP contribution in [-0.4, -0.2) is 27.2 Å². The van der Waals surface area contributed by atoms with Gasteiger partial charge in [0.15, 0.2) is 0 Å². The molecule has 1 aromatic carbocycles.